The Hall–Kier alpha value is 0.01000. The Morgan fingerprint density at radius 3 is 2.87 bits per heavy atom. The Kier molecular flexibility index (Phi) is 6.37. The smallest absolute Gasteiger partial charge is 0.0178 e. The quantitative estimate of drug-likeness (QED) is 0.861. The van der Waals surface area contributed by atoms with Gasteiger partial charge in [0.25, 0.3) is 0 Å². The zero-order valence-electron chi connectivity index (χ0n) is 9.29. The lowest BCUT2D eigenvalue weighted by molar-refractivity contribution is 0.547. The number of rotatable bonds is 6. The van der Waals surface area contributed by atoms with Crippen LogP contribution in [0.1, 0.15) is 12.0 Å². The lowest BCUT2D eigenvalue weighted by Gasteiger charge is -2.15. The topological polar surface area (TPSA) is 12.0 Å². The Morgan fingerprint density at radius 1 is 1.47 bits per heavy atom. The van der Waals surface area contributed by atoms with Crippen molar-refractivity contribution >= 4 is 27.7 Å². The standard InChI is InChI=1S/C12H18BrNS/c1-14-12(6-7-15-2)9-10-4-3-5-11(13)8-10/h3-5,8,12,14H,6-7,9H2,1-2H3. The molecule has 0 heterocycles. The van der Waals surface area contributed by atoms with Crippen LogP contribution in [0.15, 0.2) is 28.7 Å². The molecule has 1 aromatic rings. The van der Waals surface area contributed by atoms with Crippen LogP contribution >= 0.6 is 27.7 Å². The Labute approximate surface area is 105 Å². The molecule has 3 heteroatoms. The number of nitrogens with one attached hydrogen (secondary N) is 1. The van der Waals surface area contributed by atoms with Gasteiger partial charge in [-0.15, -0.1) is 0 Å². The van der Waals surface area contributed by atoms with Crippen LogP contribution in [-0.4, -0.2) is 25.1 Å². The van der Waals surface area contributed by atoms with E-state index in [-0.39, 0.29) is 0 Å². The van der Waals surface area contributed by atoms with Crippen molar-refractivity contribution in [2.24, 2.45) is 0 Å². The van der Waals surface area contributed by atoms with Crippen LogP contribution in [-0.2, 0) is 6.42 Å². The van der Waals surface area contributed by atoms with Gasteiger partial charge < -0.3 is 5.32 Å². The van der Waals surface area contributed by atoms with E-state index in [0.29, 0.717) is 6.04 Å². The van der Waals surface area contributed by atoms with Crippen molar-refractivity contribution in [3.8, 4) is 0 Å². The van der Waals surface area contributed by atoms with Crippen LogP contribution in [0.25, 0.3) is 0 Å². The summed E-state index contributed by atoms with van der Waals surface area (Å²) in [5.74, 6) is 1.22. The normalized spacial score (nSPS) is 12.7. The van der Waals surface area contributed by atoms with Crippen molar-refractivity contribution in [2.45, 2.75) is 18.9 Å². The Bertz CT molecular complexity index is 291. The van der Waals surface area contributed by atoms with Gasteiger partial charge in [0.2, 0.25) is 0 Å². The van der Waals surface area contributed by atoms with Gasteiger partial charge in [-0.05, 0) is 49.6 Å². The highest BCUT2D eigenvalue weighted by Gasteiger charge is 2.06. The van der Waals surface area contributed by atoms with E-state index in [0.717, 1.165) is 6.42 Å². The van der Waals surface area contributed by atoms with Crippen LogP contribution in [0.2, 0.25) is 0 Å². The molecule has 0 saturated heterocycles. The molecule has 1 N–H and O–H groups in total. The molecule has 0 amide bonds. The number of likely N-dealkylation sites (N-methyl/N-ethyl adjacent to an activating group) is 1. The molecule has 0 aliphatic carbocycles. The van der Waals surface area contributed by atoms with E-state index in [1.807, 2.05) is 18.8 Å². The third-order valence-electron chi connectivity index (χ3n) is 2.45. The molecular weight excluding hydrogens is 270 g/mol. The van der Waals surface area contributed by atoms with Gasteiger partial charge >= 0.3 is 0 Å². The van der Waals surface area contributed by atoms with Crippen molar-refractivity contribution in [3.05, 3.63) is 34.3 Å². The maximum atomic E-state index is 3.50. The minimum absolute atomic E-state index is 0.590. The summed E-state index contributed by atoms with van der Waals surface area (Å²) < 4.78 is 1.17. The molecular formula is C12H18BrNS. The first-order valence-electron chi connectivity index (χ1n) is 5.17. The summed E-state index contributed by atoms with van der Waals surface area (Å²) in [5.41, 5.74) is 1.39. The molecule has 0 bridgehead atoms. The summed E-state index contributed by atoms with van der Waals surface area (Å²) >= 11 is 5.41. The predicted octanol–water partition coefficient (Wildman–Crippen LogP) is 3.33. The second-order valence-electron chi connectivity index (χ2n) is 3.60. The van der Waals surface area contributed by atoms with E-state index < -0.39 is 0 Å². The maximum Gasteiger partial charge on any atom is 0.0178 e. The minimum Gasteiger partial charge on any atom is -0.317 e. The van der Waals surface area contributed by atoms with Crippen LogP contribution < -0.4 is 5.32 Å². The van der Waals surface area contributed by atoms with Gasteiger partial charge in [-0.1, -0.05) is 28.1 Å². The highest BCUT2D eigenvalue weighted by Crippen LogP contribution is 2.14. The van der Waals surface area contributed by atoms with Crippen molar-refractivity contribution in [3.63, 3.8) is 0 Å². The molecule has 0 saturated carbocycles. The number of thioether (sulfide) groups is 1. The van der Waals surface area contributed by atoms with E-state index in [1.54, 1.807) is 0 Å². The molecule has 15 heavy (non-hydrogen) atoms. The molecule has 0 aromatic heterocycles. The average Bonchev–Trinajstić information content (AvgIpc) is 2.24. The van der Waals surface area contributed by atoms with Crippen LogP contribution in [0.3, 0.4) is 0 Å². The average molecular weight is 288 g/mol. The monoisotopic (exact) mass is 287 g/mol. The molecule has 0 radical (unpaired) electrons. The zero-order chi connectivity index (χ0) is 11.1. The maximum absolute atomic E-state index is 3.50. The number of benzene rings is 1. The fourth-order valence-corrected chi connectivity index (χ4v) is 2.52. The summed E-state index contributed by atoms with van der Waals surface area (Å²) in [4.78, 5) is 0. The fraction of sp³-hybridized carbons (Fsp3) is 0.500. The van der Waals surface area contributed by atoms with Crippen LogP contribution in [0, 0.1) is 0 Å². The Balaban J connectivity index is 2.50. The third-order valence-corrected chi connectivity index (χ3v) is 3.59. The van der Waals surface area contributed by atoms with E-state index in [1.165, 1.54) is 22.2 Å². The first-order valence-corrected chi connectivity index (χ1v) is 7.35. The molecule has 0 fully saturated rings. The van der Waals surface area contributed by atoms with Crippen molar-refractivity contribution < 1.29 is 0 Å². The number of halogens is 1. The molecule has 1 rings (SSSR count). The van der Waals surface area contributed by atoms with Crippen LogP contribution in [0.5, 0.6) is 0 Å². The lowest BCUT2D eigenvalue weighted by atomic mass is 10.0. The highest BCUT2D eigenvalue weighted by atomic mass is 79.9. The van der Waals surface area contributed by atoms with E-state index >= 15 is 0 Å². The first-order chi connectivity index (χ1) is 7.26. The molecule has 1 nitrogen and oxygen atoms in total. The van der Waals surface area contributed by atoms with Crippen molar-refractivity contribution in [2.75, 3.05) is 19.1 Å². The molecule has 0 aliphatic heterocycles. The first kappa shape index (κ1) is 13.1. The third kappa shape index (κ3) is 5.05. The summed E-state index contributed by atoms with van der Waals surface area (Å²) in [6.45, 7) is 0. The summed E-state index contributed by atoms with van der Waals surface area (Å²) in [5, 5.41) is 3.38. The van der Waals surface area contributed by atoms with Gasteiger partial charge in [-0.25, -0.2) is 0 Å². The van der Waals surface area contributed by atoms with Gasteiger partial charge in [0.1, 0.15) is 0 Å². The second kappa shape index (κ2) is 7.31. The molecule has 1 atom stereocenters. The van der Waals surface area contributed by atoms with Crippen molar-refractivity contribution in [1.82, 2.24) is 5.32 Å². The molecule has 0 spiro atoms. The SMILES string of the molecule is CNC(CCSC)Cc1cccc(Br)c1. The van der Waals surface area contributed by atoms with Gasteiger partial charge in [0.15, 0.2) is 0 Å². The number of hydrogen-bond donors (Lipinski definition) is 1. The second-order valence-corrected chi connectivity index (χ2v) is 5.50. The molecule has 1 aromatic carbocycles. The van der Waals surface area contributed by atoms with Crippen LogP contribution in [0.4, 0.5) is 0 Å². The number of hydrogen-bond acceptors (Lipinski definition) is 2. The predicted molar refractivity (Wildman–Crippen MR) is 73.7 cm³/mol. The fourth-order valence-electron chi connectivity index (χ4n) is 1.56. The van der Waals surface area contributed by atoms with Crippen molar-refractivity contribution in [1.29, 1.82) is 0 Å². The molecule has 84 valence electrons. The molecule has 1 unspecified atom stereocenters. The minimum atomic E-state index is 0.590. The van der Waals surface area contributed by atoms with Gasteiger partial charge in [-0.2, -0.15) is 11.8 Å². The zero-order valence-corrected chi connectivity index (χ0v) is 11.7. The van der Waals surface area contributed by atoms with Gasteiger partial charge in [-0.3, -0.25) is 0 Å². The van der Waals surface area contributed by atoms with E-state index in [9.17, 15) is 0 Å². The van der Waals surface area contributed by atoms with Gasteiger partial charge in [0, 0.05) is 10.5 Å². The summed E-state index contributed by atoms with van der Waals surface area (Å²) in [6, 6.07) is 9.14. The summed E-state index contributed by atoms with van der Waals surface area (Å²) in [6.07, 6.45) is 4.49. The van der Waals surface area contributed by atoms with Gasteiger partial charge in [0.05, 0.1) is 0 Å². The highest BCUT2D eigenvalue weighted by molar-refractivity contribution is 9.10. The molecule has 0 aliphatic rings. The summed E-state index contributed by atoms with van der Waals surface area (Å²) in [7, 11) is 2.04. The van der Waals surface area contributed by atoms with E-state index in [2.05, 4.69) is 51.8 Å². The van der Waals surface area contributed by atoms with E-state index in [4.69, 9.17) is 0 Å². The lowest BCUT2D eigenvalue weighted by Crippen LogP contribution is -2.28. The largest absolute Gasteiger partial charge is 0.317 e. The Morgan fingerprint density at radius 2 is 2.27 bits per heavy atom.